The van der Waals surface area contributed by atoms with E-state index in [0.29, 0.717) is 30.6 Å². The van der Waals surface area contributed by atoms with Crippen molar-refractivity contribution in [2.45, 2.75) is 6.04 Å². The average Bonchev–Trinajstić information content (AvgIpc) is 2.99. The third kappa shape index (κ3) is 2.47. The van der Waals surface area contributed by atoms with Gasteiger partial charge >= 0.3 is 6.03 Å². The highest BCUT2D eigenvalue weighted by molar-refractivity contribution is 5.99. The van der Waals surface area contributed by atoms with Gasteiger partial charge in [0, 0.05) is 19.1 Å². The Labute approximate surface area is 134 Å². The molecule has 2 aromatic carbocycles. The molecule has 2 N–H and O–H groups in total. The number of para-hydroxylation sites is 1. The molecule has 118 valence electrons. The molecule has 2 amide bonds. The molecule has 23 heavy (non-hydrogen) atoms. The van der Waals surface area contributed by atoms with Crippen LogP contribution < -0.4 is 10.6 Å². The monoisotopic (exact) mass is 311 g/mol. The van der Waals surface area contributed by atoms with Crippen LogP contribution in [-0.4, -0.2) is 30.1 Å². The van der Waals surface area contributed by atoms with Crippen LogP contribution in [0.1, 0.15) is 0 Å². The van der Waals surface area contributed by atoms with Crippen LogP contribution in [0, 0.1) is 17.7 Å². The third-order valence-corrected chi connectivity index (χ3v) is 4.82. The van der Waals surface area contributed by atoms with Gasteiger partial charge < -0.3 is 10.6 Å². The molecule has 2 fully saturated rings. The number of nitrogens with two attached hydrogens (primary N) is 1. The van der Waals surface area contributed by atoms with Crippen molar-refractivity contribution in [2.75, 3.05) is 18.0 Å². The van der Waals surface area contributed by atoms with Crippen LogP contribution in [-0.2, 0) is 0 Å². The van der Waals surface area contributed by atoms with Gasteiger partial charge in [0.05, 0.1) is 11.4 Å². The number of hydrogen-bond donors (Lipinski definition) is 1. The van der Waals surface area contributed by atoms with Crippen LogP contribution in [0.25, 0.3) is 0 Å². The third-order valence-electron chi connectivity index (χ3n) is 4.82. The van der Waals surface area contributed by atoms with E-state index >= 15 is 0 Å². The number of halogens is 1. The first-order valence-electron chi connectivity index (χ1n) is 7.80. The van der Waals surface area contributed by atoms with Crippen molar-refractivity contribution in [1.82, 2.24) is 4.90 Å². The fourth-order valence-electron chi connectivity index (χ4n) is 3.41. The maximum Gasteiger partial charge on any atom is 0.329 e. The van der Waals surface area contributed by atoms with Gasteiger partial charge in [0.15, 0.2) is 0 Å². The first-order valence-corrected chi connectivity index (χ1v) is 7.80. The van der Waals surface area contributed by atoms with Gasteiger partial charge in [-0.2, -0.15) is 0 Å². The van der Waals surface area contributed by atoms with Crippen LogP contribution in [0.4, 0.5) is 20.6 Å². The van der Waals surface area contributed by atoms with Gasteiger partial charge in [-0.1, -0.05) is 18.2 Å². The van der Waals surface area contributed by atoms with Crippen LogP contribution >= 0.6 is 0 Å². The number of rotatable bonds is 2. The molecule has 0 aromatic heterocycles. The number of carbonyl (C=O) groups excluding carboxylic acids is 1. The number of carbonyl (C=O) groups is 1. The molecule has 1 aliphatic heterocycles. The molecule has 2 aliphatic rings. The number of fused-ring (bicyclic) bond motifs is 1. The lowest BCUT2D eigenvalue weighted by Crippen LogP contribution is -2.42. The normalized spacial score (nSPS) is 25.1. The Hall–Kier alpha value is -2.40. The summed E-state index contributed by atoms with van der Waals surface area (Å²) in [7, 11) is 0. The predicted octanol–water partition coefficient (Wildman–Crippen LogP) is 2.97. The van der Waals surface area contributed by atoms with Crippen LogP contribution in [0.2, 0.25) is 0 Å². The van der Waals surface area contributed by atoms with Crippen LogP contribution in [0.3, 0.4) is 0 Å². The van der Waals surface area contributed by atoms with Crippen molar-refractivity contribution in [1.29, 1.82) is 0 Å². The van der Waals surface area contributed by atoms with Gasteiger partial charge in [0.1, 0.15) is 5.82 Å². The molecule has 0 spiro atoms. The summed E-state index contributed by atoms with van der Waals surface area (Å²) in [5.41, 5.74) is 7.39. The number of nitrogens with zero attached hydrogens (tertiary/aromatic N) is 2. The van der Waals surface area contributed by atoms with E-state index < -0.39 is 0 Å². The van der Waals surface area contributed by atoms with E-state index in [1.165, 1.54) is 12.1 Å². The number of piperidine rings is 1. The molecule has 2 unspecified atom stereocenters. The molecule has 1 aliphatic carbocycles. The van der Waals surface area contributed by atoms with E-state index in [-0.39, 0.29) is 17.9 Å². The number of amides is 2. The zero-order valence-electron chi connectivity index (χ0n) is 12.6. The number of likely N-dealkylation sites (tertiary alicyclic amines) is 1. The largest absolute Gasteiger partial charge is 0.329 e. The quantitative estimate of drug-likeness (QED) is 0.927. The van der Waals surface area contributed by atoms with E-state index in [4.69, 9.17) is 5.73 Å². The van der Waals surface area contributed by atoms with Crippen molar-refractivity contribution in [3.05, 3.63) is 60.4 Å². The number of hydrogen-bond acceptors (Lipinski definition) is 2. The first kappa shape index (κ1) is 14.2. The Morgan fingerprint density at radius 1 is 1.00 bits per heavy atom. The van der Waals surface area contributed by atoms with E-state index in [1.807, 2.05) is 35.2 Å². The van der Waals surface area contributed by atoms with E-state index in [1.54, 1.807) is 17.0 Å². The minimum atomic E-state index is -0.317. The Bertz CT molecular complexity index is 707. The zero-order chi connectivity index (χ0) is 16.0. The highest BCUT2D eigenvalue weighted by Gasteiger charge is 2.55. The maximum atomic E-state index is 13.2. The molecule has 0 radical (unpaired) electrons. The second-order valence-corrected chi connectivity index (χ2v) is 6.24. The second kappa shape index (κ2) is 5.35. The fourth-order valence-corrected chi connectivity index (χ4v) is 3.41. The molecule has 1 saturated carbocycles. The van der Waals surface area contributed by atoms with Gasteiger partial charge in [0.2, 0.25) is 0 Å². The summed E-state index contributed by atoms with van der Waals surface area (Å²) in [6.45, 7) is 1.41. The van der Waals surface area contributed by atoms with Gasteiger partial charge in [-0.25, -0.2) is 9.18 Å². The maximum absolute atomic E-state index is 13.2. The van der Waals surface area contributed by atoms with E-state index in [0.717, 1.165) is 5.69 Å². The molecule has 1 heterocycles. The Morgan fingerprint density at radius 3 is 2.17 bits per heavy atom. The topological polar surface area (TPSA) is 49.6 Å². The van der Waals surface area contributed by atoms with Crippen LogP contribution in [0.5, 0.6) is 0 Å². The Morgan fingerprint density at radius 2 is 1.57 bits per heavy atom. The number of urea groups is 1. The number of anilines is 2. The lowest BCUT2D eigenvalue weighted by molar-refractivity contribution is 0.212. The SMILES string of the molecule is NC1C2CN(C(=O)N(c3ccccc3)c3ccc(F)cc3)CC12. The van der Waals surface area contributed by atoms with Gasteiger partial charge in [-0.3, -0.25) is 4.90 Å². The summed E-state index contributed by atoms with van der Waals surface area (Å²) in [6, 6.07) is 15.6. The van der Waals surface area contributed by atoms with Gasteiger partial charge in [0.25, 0.3) is 0 Å². The van der Waals surface area contributed by atoms with Crippen LogP contribution in [0.15, 0.2) is 54.6 Å². The minimum absolute atomic E-state index is 0.0813. The van der Waals surface area contributed by atoms with Gasteiger partial charge in [-0.05, 0) is 48.2 Å². The summed E-state index contributed by atoms with van der Waals surface area (Å²) in [4.78, 5) is 16.5. The van der Waals surface area contributed by atoms with Crippen molar-refractivity contribution in [3.8, 4) is 0 Å². The lowest BCUT2D eigenvalue weighted by Gasteiger charge is -2.29. The van der Waals surface area contributed by atoms with Crippen molar-refractivity contribution >= 4 is 17.4 Å². The standard InChI is InChI=1S/C18H18FN3O/c19-12-6-8-14(9-7-12)22(13-4-2-1-3-5-13)18(23)21-10-15-16(11-21)17(15)20/h1-9,15-17H,10-11,20H2. The second-order valence-electron chi connectivity index (χ2n) is 6.24. The summed E-state index contributed by atoms with van der Waals surface area (Å²) in [6.07, 6.45) is 0. The highest BCUT2D eigenvalue weighted by Crippen LogP contribution is 2.44. The molecule has 4 rings (SSSR count). The Kier molecular flexibility index (Phi) is 3.31. The minimum Gasteiger partial charge on any atom is -0.327 e. The molecule has 2 aromatic rings. The molecular weight excluding hydrogens is 293 g/mol. The van der Waals surface area contributed by atoms with Crippen molar-refractivity contribution in [2.24, 2.45) is 17.6 Å². The first-order chi connectivity index (χ1) is 11.1. The summed E-state index contributed by atoms with van der Waals surface area (Å²) < 4.78 is 13.2. The zero-order valence-corrected chi connectivity index (χ0v) is 12.6. The van der Waals surface area contributed by atoms with E-state index in [2.05, 4.69) is 0 Å². The lowest BCUT2D eigenvalue weighted by atomic mass is 10.2. The summed E-state index contributed by atoms with van der Waals surface area (Å²) >= 11 is 0. The summed E-state index contributed by atoms with van der Waals surface area (Å²) in [5.74, 6) is 0.553. The van der Waals surface area contributed by atoms with Gasteiger partial charge in [-0.15, -0.1) is 0 Å². The molecule has 0 bridgehead atoms. The molecular formula is C18H18FN3O. The average molecular weight is 311 g/mol. The summed E-state index contributed by atoms with van der Waals surface area (Å²) in [5, 5.41) is 0. The molecule has 2 atom stereocenters. The fraction of sp³-hybridized carbons (Fsp3) is 0.278. The van der Waals surface area contributed by atoms with Crippen molar-refractivity contribution in [3.63, 3.8) is 0 Å². The molecule has 5 heteroatoms. The number of benzene rings is 2. The Balaban J connectivity index is 1.65. The predicted molar refractivity (Wildman–Crippen MR) is 86.9 cm³/mol. The molecule has 1 saturated heterocycles. The van der Waals surface area contributed by atoms with E-state index in [9.17, 15) is 9.18 Å². The highest BCUT2D eigenvalue weighted by atomic mass is 19.1. The molecule has 4 nitrogen and oxygen atoms in total. The smallest absolute Gasteiger partial charge is 0.327 e. The van der Waals surface area contributed by atoms with Crippen molar-refractivity contribution < 1.29 is 9.18 Å².